The van der Waals surface area contributed by atoms with Crippen LogP contribution in [-0.4, -0.2) is 59.6 Å². The summed E-state index contributed by atoms with van der Waals surface area (Å²) < 4.78 is 0. The van der Waals surface area contributed by atoms with Crippen LogP contribution in [0.1, 0.15) is 32.6 Å². The number of hydrogen-bond acceptors (Lipinski definition) is 3. The van der Waals surface area contributed by atoms with Gasteiger partial charge in [0.15, 0.2) is 0 Å². The van der Waals surface area contributed by atoms with Gasteiger partial charge in [-0.3, -0.25) is 4.79 Å². The fraction of sp³-hybridized carbons (Fsp3) is 0.923. The van der Waals surface area contributed by atoms with E-state index in [2.05, 4.69) is 11.8 Å². The zero-order valence-corrected chi connectivity index (χ0v) is 10.8. The SMILES string of the molecule is CCN(CC(O)CN1CCCC1=O)CC1CC1. The summed E-state index contributed by atoms with van der Waals surface area (Å²) in [4.78, 5) is 15.6. The molecule has 0 bridgehead atoms. The van der Waals surface area contributed by atoms with Gasteiger partial charge >= 0.3 is 0 Å². The molecule has 17 heavy (non-hydrogen) atoms. The first-order valence-corrected chi connectivity index (χ1v) is 6.87. The van der Waals surface area contributed by atoms with Crippen LogP contribution in [0.25, 0.3) is 0 Å². The third-order valence-corrected chi connectivity index (χ3v) is 3.73. The second-order valence-electron chi connectivity index (χ2n) is 5.39. The Kier molecular flexibility index (Phi) is 4.40. The largest absolute Gasteiger partial charge is 0.390 e. The van der Waals surface area contributed by atoms with E-state index in [0.717, 1.165) is 32.0 Å². The quantitative estimate of drug-likeness (QED) is 0.712. The number of carbonyl (C=O) groups is 1. The van der Waals surface area contributed by atoms with E-state index in [1.807, 2.05) is 0 Å². The number of likely N-dealkylation sites (N-methyl/N-ethyl adjacent to an activating group) is 1. The minimum atomic E-state index is -0.393. The molecule has 98 valence electrons. The average Bonchev–Trinajstić information content (AvgIpc) is 3.03. The second kappa shape index (κ2) is 5.83. The number of carbonyl (C=O) groups excluding carboxylic acids is 1. The molecular weight excluding hydrogens is 216 g/mol. The molecule has 1 aliphatic heterocycles. The van der Waals surface area contributed by atoms with Crippen molar-refractivity contribution in [2.75, 3.05) is 32.7 Å². The lowest BCUT2D eigenvalue weighted by molar-refractivity contribution is -0.129. The molecule has 1 saturated carbocycles. The third-order valence-electron chi connectivity index (χ3n) is 3.73. The van der Waals surface area contributed by atoms with E-state index in [-0.39, 0.29) is 5.91 Å². The van der Waals surface area contributed by atoms with E-state index in [9.17, 15) is 9.90 Å². The fourth-order valence-corrected chi connectivity index (χ4v) is 2.51. The van der Waals surface area contributed by atoms with Gasteiger partial charge in [-0.1, -0.05) is 6.92 Å². The Hall–Kier alpha value is -0.610. The van der Waals surface area contributed by atoms with Crippen LogP contribution in [-0.2, 0) is 4.79 Å². The highest BCUT2D eigenvalue weighted by Crippen LogP contribution is 2.29. The van der Waals surface area contributed by atoms with Crippen molar-refractivity contribution in [3.63, 3.8) is 0 Å². The van der Waals surface area contributed by atoms with Crippen LogP contribution in [0.4, 0.5) is 0 Å². The van der Waals surface area contributed by atoms with Gasteiger partial charge in [0, 0.05) is 32.6 Å². The van der Waals surface area contributed by atoms with Crippen molar-refractivity contribution < 1.29 is 9.90 Å². The Morgan fingerprint density at radius 1 is 1.53 bits per heavy atom. The molecule has 0 spiro atoms. The van der Waals surface area contributed by atoms with Crippen LogP contribution in [0, 0.1) is 5.92 Å². The van der Waals surface area contributed by atoms with Crippen molar-refractivity contribution in [3.05, 3.63) is 0 Å². The predicted molar refractivity (Wildman–Crippen MR) is 66.7 cm³/mol. The molecule has 1 heterocycles. The van der Waals surface area contributed by atoms with Gasteiger partial charge in [-0.25, -0.2) is 0 Å². The first kappa shape index (κ1) is 12.8. The average molecular weight is 240 g/mol. The maximum atomic E-state index is 11.5. The molecule has 2 aliphatic rings. The van der Waals surface area contributed by atoms with Crippen molar-refractivity contribution in [2.24, 2.45) is 5.92 Å². The molecule has 0 aromatic carbocycles. The lowest BCUT2D eigenvalue weighted by atomic mass is 10.2. The first-order chi connectivity index (χ1) is 8.19. The number of rotatable bonds is 7. The van der Waals surface area contributed by atoms with Crippen LogP contribution in [0.2, 0.25) is 0 Å². The summed E-state index contributed by atoms with van der Waals surface area (Å²) in [5.74, 6) is 1.06. The molecule has 1 amide bonds. The molecule has 1 saturated heterocycles. The van der Waals surface area contributed by atoms with Crippen LogP contribution < -0.4 is 0 Å². The first-order valence-electron chi connectivity index (χ1n) is 6.87. The smallest absolute Gasteiger partial charge is 0.222 e. The molecule has 0 aromatic rings. The van der Waals surface area contributed by atoms with E-state index >= 15 is 0 Å². The highest BCUT2D eigenvalue weighted by atomic mass is 16.3. The minimum absolute atomic E-state index is 0.203. The maximum absolute atomic E-state index is 11.5. The highest BCUT2D eigenvalue weighted by Gasteiger charge is 2.26. The monoisotopic (exact) mass is 240 g/mol. The number of β-amino-alcohol motifs (C(OH)–C–C–N with tert-alkyl or cyclic N) is 1. The van der Waals surface area contributed by atoms with Crippen molar-refractivity contribution >= 4 is 5.91 Å². The summed E-state index contributed by atoms with van der Waals surface area (Å²) in [6, 6.07) is 0. The van der Waals surface area contributed by atoms with Crippen LogP contribution in [0.3, 0.4) is 0 Å². The van der Waals surface area contributed by atoms with Gasteiger partial charge in [-0.05, 0) is 31.7 Å². The number of nitrogens with zero attached hydrogens (tertiary/aromatic N) is 2. The standard InChI is InChI=1S/C13H24N2O2/c1-2-14(8-11-5-6-11)9-12(16)10-15-7-3-4-13(15)17/h11-12,16H,2-10H2,1H3. The molecule has 2 fully saturated rings. The van der Waals surface area contributed by atoms with Gasteiger partial charge in [0.1, 0.15) is 0 Å². The molecule has 2 rings (SSSR count). The number of likely N-dealkylation sites (tertiary alicyclic amines) is 1. The molecule has 1 atom stereocenters. The van der Waals surface area contributed by atoms with Crippen molar-refractivity contribution in [3.8, 4) is 0 Å². The zero-order valence-electron chi connectivity index (χ0n) is 10.8. The summed E-state index contributed by atoms with van der Waals surface area (Å²) >= 11 is 0. The number of aliphatic hydroxyl groups is 1. The van der Waals surface area contributed by atoms with Crippen LogP contribution in [0.5, 0.6) is 0 Å². The fourth-order valence-electron chi connectivity index (χ4n) is 2.51. The highest BCUT2D eigenvalue weighted by molar-refractivity contribution is 5.78. The Balaban J connectivity index is 1.70. The summed E-state index contributed by atoms with van der Waals surface area (Å²) in [7, 11) is 0. The van der Waals surface area contributed by atoms with Gasteiger partial charge in [-0.15, -0.1) is 0 Å². The Bertz CT molecular complexity index is 266. The van der Waals surface area contributed by atoms with Gasteiger partial charge < -0.3 is 14.9 Å². The van der Waals surface area contributed by atoms with Crippen LogP contribution in [0.15, 0.2) is 0 Å². The maximum Gasteiger partial charge on any atom is 0.222 e. The zero-order chi connectivity index (χ0) is 12.3. The number of amides is 1. The molecule has 0 radical (unpaired) electrons. The molecule has 1 unspecified atom stereocenters. The van der Waals surface area contributed by atoms with E-state index in [1.54, 1.807) is 4.90 Å². The Morgan fingerprint density at radius 2 is 2.29 bits per heavy atom. The molecule has 1 N–H and O–H groups in total. The van der Waals surface area contributed by atoms with Crippen molar-refractivity contribution in [1.29, 1.82) is 0 Å². The van der Waals surface area contributed by atoms with E-state index in [4.69, 9.17) is 0 Å². The summed E-state index contributed by atoms with van der Waals surface area (Å²) in [5, 5.41) is 10.0. The molecule has 0 aromatic heterocycles. The van der Waals surface area contributed by atoms with Gasteiger partial charge in [0.05, 0.1) is 6.10 Å². The van der Waals surface area contributed by atoms with Crippen LogP contribution >= 0.6 is 0 Å². The summed E-state index contributed by atoms with van der Waals surface area (Å²) in [5.41, 5.74) is 0. The Labute approximate surface area is 104 Å². The van der Waals surface area contributed by atoms with Crippen molar-refractivity contribution in [2.45, 2.75) is 38.7 Å². The number of aliphatic hydroxyl groups excluding tert-OH is 1. The minimum Gasteiger partial charge on any atom is -0.390 e. The van der Waals surface area contributed by atoms with E-state index in [1.165, 1.54) is 12.8 Å². The Morgan fingerprint density at radius 3 is 2.82 bits per heavy atom. The van der Waals surface area contributed by atoms with E-state index in [0.29, 0.717) is 19.5 Å². The predicted octanol–water partition coefficient (Wildman–Crippen LogP) is 0.702. The summed E-state index contributed by atoms with van der Waals surface area (Å²) in [6.07, 6.45) is 3.90. The molecule has 4 nitrogen and oxygen atoms in total. The normalized spacial score (nSPS) is 22.5. The van der Waals surface area contributed by atoms with Gasteiger partial charge in [-0.2, -0.15) is 0 Å². The van der Waals surface area contributed by atoms with Crippen molar-refractivity contribution in [1.82, 2.24) is 9.80 Å². The topological polar surface area (TPSA) is 43.8 Å². The lowest BCUT2D eigenvalue weighted by Gasteiger charge is -2.26. The molecule has 1 aliphatic carbocycles. The van der Waals surface area contributed by atoms with Gasteiger partial charge in [0.25, 0.3) is 0 Å². The second-order valence-corrected chi connectivity index (χ2v) is 5.39. The van der Waals surface area contributed by atoms with E-state index < -0.39 is 6.10 Å². The third kappa shape index (κ3) is 3.96. The lowest BCUT2D eigenvalue weighted by Crippen LogP contribution is -2.41. The van der Waals surface area contributed by atoms with Gasteiger partial charge in [0.2, 0.25) is 5.91 Å². The number of hydrogen-bond donors (Lipinski definition) is 1. The summed E-state index contributed by atoms with van der Waals surface area (Å²) in [6.45, 7) is 6.28. The molecular formula is C13H24N2O2. The molecule has 4 heteroatoms.